The molecule has 1 saturated heterocycles. The Morgan fingerprint density at radius 2 is 1.87 bits per heavy atom. The van der Waals surface area contributed by atoms with Crippen LogP contribution in [0, 0.1) is 5.41 Å². The highest BCUT2D eigenvalue weighted by Crippen LogP contribution is 2.57. The molecule has 4 heteroatoms. The summed E-state index contributed by atoms with van der Waals surface area (Å²) < 4.78 is 0. The molecule has 1 unspecified atom stereocenters. The molecule has 1 atom stereocenters. The average molecular weight is 314 g/mol. The number of hydrogen-bond donors (Lipinski definition) is 1. The number of carbonyl (C=O) groups excluding carboxylic acids is 2. The monoisotopic (exact) mass is 314 g/mol. The van der Waals surface area contributed by atoms with E-state index in [0.29, 0.717) is 0 Å². The van der Waals surface area contributed by atoms with Gasteiger partial charge in [0.1, 0.15) is 6.54 Å². The summed E-state index contributed by atoms with van der Waals surface area (Å²) in [6, 6.07) is 10.3. The van der Waals surface area contributed by atoms with E-state index >= 15 is 0 Å². The van der Waals surface area contributed by atoms with Crippen LogP contribution in [0.4, 0.5) is 0 Å². The molecule has 3 rings (SSSR count). The molecule has 1 saturated carbocycles. The molecule has 1 N–H and O–H groups in total. The number of nitrogens with zero attached hydrogens (tertiary/aromatic N) is 1. The second-order valence-corrected chi connectivity index (χ2v) is 7.19. The van der Waals surface area contributed by atoms with E-state index in [4.69, 9.17) is 0 Å². The normalized spacial score (nSPS) is 23.0. The summed E-state index contributed by atoms with van der Waals surface area (Å²) >= 11 is 0. The van der Waals surface area contributed by atoms with E-state index in [1.807, 2.05) is 32.0 Å². The fraction of sp³-hybridized carbons (Fsp3) is 0.579. The second kappa shape index (κ2) is 6.34. The highest BCUT2D eigenvalue weighted by atomic mass is 16.2. The third-order valence-corrected chi connectivity index (χ3v) is 5.15. The van der Waals surface area contributed by atoms with Crippen molar-refractivity contribution < 1.29 is 9.59 Å². The van der Waals surface area contributed by atoms with Gasteiger partial charge in [0.05, 0.1) is 11.5 Å². The van der Waals surface area contributed by atoms with Gasteiger partial charge in [-0.2, -0.15) is 0 Å². The van der Waals surface area contributed by atoms with Gasteiger partial charge in [-0.15, -0.1) is 0 Å². The molecule has 2 amide bonds. The van der Waals surface area contributed by atoms with Crippen LogP contribution in [0.25, 0.3) is 0 Å². The Hall–Kier alpha value is -1.84. The van der Waals surface area contributed by atoms with Gasteiger partial charge in [0.15, 0.2) is 0 Å². The van der Waals surface area contributed by atoms with Crippen molar-refractivity contribution in [1.29, 1.82) is 0 Å². The molecule has 23 heavy (non-hydrogen) atoms. The Balaban J connectivity index is 1.84. The number of carbonyl (C=O) groups is 2. The van der Waals surface area contributed by atoms with Gasteiger partial charge in [-0.1, -0.05) is 49.6 Å². The maximum absolute atomic E-state index is 12.9. The summed E-state index contributed by atoms with van der Waals surface area (Å²) in [6.07, 6.45) is 5.34. The van der Waals surface area contributed by atoms with E-state index in [2.05, 4.69) is 17.4 Å². The number of likely N-dealkylation sites (tertiary alicyclic amines) is 1. The molecule has 1 aliphatic heterocycles. The van der Waals surface area contributed by atoms with E-state index in [1.54, 1.807) is 4.90 Å². The second-order valence-electron chi connectivity index (χ2n) is 7.19. The van der Waals surface area contributed by atoms with E-state index in [0.717, 1.165) is 31.2 Å². The average Bonchev–Trinajstić information content (AvgIpc) is 2.55. The predicted molar refractivity (Wildman–Crippen MR) is 89.7 cm³/mol. The van der Waals surface area contributed by atoms with Crippen LogP contribution in [-0.4, -0.2) is 29.3 Å². The summed E-state index contributed by atoms with van der Waals surface area (Å²) in [7, 11) is 0. The van der Waals surface area contributed by atoms with Crippen LogP contribution in [0.2, 0.25) is 0 Å². The number of nitrogens with one attached hydrogen (secondary N) is 1. The number of benzene rings is 1. The Bertz CT molecular complexity index is 576. The van der Waals surface area contributed by atoms with E-state index in [9.17, 15) is 9.59 Å². The van der Waals surface area contributed by atoms with E-state index in [1.165, 1.54) is 6.42 Å². The highest BCUT2D eigenvalue weighted by molar-refractivity contribution is 5.94. The number of amides is 2. The van der Waals surface area contributed by atoms with Crippen LogP contribution < -0.4 is 5.32 Å². The lowest BCUT2D eigenvalue weighted by molar-refractivity contribution is -0.180. The molecule has 2 aliphatic rings. The van der Waals surface area contributed by atoms with Gasteiger partial charge in [-0.3, -0.25) is 9.59 Å². The van der Waals surface area contributed by atoms with Crippen molar-refractivity contribution in [2.45, 2.75) is 58.0 Å². The molecule has 0 radical (unpaired) electrons. The summed E-state index contributed by atoms with van der Waals surface area (Å²) in [5.41, 5.74) is 0.892. The molecule has 1 aromatic rings. The molecule has 1 heterocycles. The van der Waals surface area contributed by atoms with Gasteiger partial charge >= 0.3 is 0 Å². The Morgan fingerprint density at radius 1 is 1.22 bits per heavy atom. The zero-order chi connectivity index (χ0) is 16.4. The molecule has 0 aromatic heterocycles. The van der Waals surface area contributed by atoms with Crippen molar-refractivity contribution in [2.75, 3.05) is 6.54 Å². The van der Waals surface area contributed by atoms with Crippen molar-refractivity contribution >= 4 is 11.8 Å². The first-order chi connectivity index (χ1) is 11.0. The molecule has 0 bridgehead atoms. The molecule has 1 aliphatic carbocycles. The van der Waals surface area contributed by atoms with Crippen LogP contribution >= 0.6 is 0 Å². The molecular weight excluding hydrogens is 288 g/mol. The fourth-order valence-corrected chi connectivity index (χ4v) is 4.24. The van der Waals surface area contributed by atoms with Gasteiger partial charge < -0.3 is 10.2 Å². The van der Waals surface area contributed by atoms with Crippen LogP contribution in [-0.2, 0) is 9.59 Å². The fourth-order valence-electron chi connectivity index (χ4n) is 4.24. The maximum atomic E-state index is 12.9. The molecular formula is C19H26N2O2. The Kier molecular flexibility index (Phi) is 4.42. The topological polar surface area (TPSA) is 49.4 Å². The quantitative estimate of drug-likeness (QED) is 0.868. The summed E-state index contributed by atoms with van der Waals surface area (Å²) in [6.45, 7) is 4.04. The summed E-state index contributed by atoms with van der Waals surface area (Å²) in [5.74, 6) is 0.102. The molecule has 4 nitrogen and oxygen atoms in total. The molecule has 2 fully saturated rings. The summed E-state index contributed by atoms with van der Waals surface area (Å²) in [4.78, 5) is 26.8. The van der Waals surface area contributed by atoms with Crippen LogP contribution in [0.15, 0.2) is 30.3 Å². The molecule has 124 valence electrons. The third kappa shape index (κ3) is 2.87. The largest absolute Gasteiger partial charge is 0.352 e. The van der Waals surface area contributed by atoms with Gasteiger partial charge in [0, 0.05) is 6.04 Å². The standard InChI is InChI=1S/C19H26N2O2/c1-14(2)20-16(22)13-21-17(15-9-5-3-6-10-15)19(18(21)23)11-7-4-8-12-19/h3,5-6,9-10,14,17H,4,7-8,11-13H2,1-2H3,(H,20,22). The van der Waals surface area contributed by atoms with Crippen LogP contribution in [0.3, 0.4) is 0 Å². The third-order valence-electron chi connectivity index (χ3n) is 5.15. The van der Waals surface area contributed by atoms with Crippen LogP contribution in [0.1, 0.15) is 57.6 Å². The maximum Gasteiger partial charge on any atom is 0.239 e. The lowest BCUT2D eigenvalue weighted by Crippen LogP contribution is -2.65. The van der Waals surface area contributed by atoms with Gasteiger partial charge in [0.2, 0.25) is 11.8 Å². The lowest BCUT2D eigenvalue weighted by Gasteiger charge is -2.58. The van der Waals surface area contributed by atoms with Gasteiger partial charge in [0.25, 0.3) is 0 Å². The first-order valence-corrected chi connectivity index (χ1v) is 8.70. The zero-order valence-electron chi connectivity index (χ0n) is 14.0. The first kappa shape index (κ1) is 16.0. The van der Waals surface area contributed by atoms with Crippen molar-refractivity contribution in [3.05, 3.63) is 35.9 Å². The smallest absolute Gasteiger partial charge is 0.239 e. The highest BCUT2D eigenvalue weighted by Gasteiger charge is 2.60. The number of rotatable bonds is 4. The Morgan fingerprint density at radius 3 is 2.48 bits per heavy atom. The minimum absolute atomic E-state index is 0.0504. The predicted octanol–water partition coefficient (Wildman–Crippen LogP) is 3.05. The van der Waals surface area contributed by atoms with Crippen molar-refractivity contribution in [1.82, 2.24) is 10.2 Å². The number of hydrogen-bond acceptors (Lipinski definition) is 2. The van der Waals surface area contributed by atoms with Crippen LogP contribution in [0.5, 0.6) is 0 Å². The zero-order valence-corrected chi connectivity index (χ0v) is 14.0. The minimum Gasteiger partial charge on any atom is -0.352 e. The van der Waals surface area contributed by atoms with Crippen molar-refractivity contribution in [3.63, 3.8) is 0 Å². The minimum atomic E-state index is -0.266. The van der Waals surface area contributed by atoms with Gasteiger partial charge in [-0.05, 0) is 32.3 Å². The lowest BCUT2D eigenvalue weighted by atomic mass is 9.60. The first-order valence-electron chi connectivity index (χ1n) is 8.70. The van der Waals surface area contributed by atoms with E-state index < -0.39 is 0 Å². The Labute approximate surface area is 138 Å². The van der Waals surface area contributed by atoms with Crippen molar-refractivity contribution in [3.8, 4) is 0 Å². The number of β-lactam (4-membered cyclic amide) rings is 1. The molecule has 1 aromatic carbocycles. The van der Waals surface area contributed by atoms with Crippen molar-refractivity contribution in [2.24, 2.45) is 5.41 Å². The SMILES string of the molecule is CC(C)NC(=O)CN1C(=O)C2(CCCCC2)C1c1ccccc1. The summed E-state index contributed by atoms with van der Waals surface area (Å²) in [5, 5.41) is 2.89. The van der Waals surface area contributed by atoms with Gasteiger partial charge in [-0.25, -0.2) is 0 Å². The molecule has 1 spiro atoms. The van der Waals surface area contributed by atoms with E-state index in [-0.39, 0.29) is 35.9 Å².